The largest absolute Gasteiger partial charge is 0.481 e. The first-order valence-electron chi connectivity index (χ1n) is 6.30. The summed E-state index contributed by atoms with van der Waals surface area (Å²) in [6.07, 6.45) is 3.70. The third-order valence-corrected chi connectivity index (χ3v) is 3.13. The maximum atomic E-state index is 10.6. The number of hydrogen-bond acceptors (Lipinski definition) is 3. The van der Waals surface area contributed by atoms with E-state index in [1.807, 2.05) is 6.92 Å². The molecule has 0 heterocycles. The Kier molecular flexibility index (Phi) is 7.77. The van der Waals surface area contributed by atoms with Crippen LogP contribution in [-0.2, 0) is 9.59 Å². The summed E-state index contributed by atoms with van der Waals surface area (Å²) in [5.74, 6) is -1.89. The predicted octanol–water partition coefficient (Wildman–Crippen LogP) is 2.81. The molecule has 0 bridgehead atoms. The number of nitriles is 1. The molecule has 5 heteroatoms. The number of carbonyl (C=O) groups is 2. The van der Waals surface area contributed by atoms with Crippen molar-refractivity contribution < 1.29 is 19.8 Å². The Morgan fingerprint density at radius 1 is 1.06 bits per heavy atom. The predicted molar refractivity (Wildman–Crippen MR) is 65.9 cm³/mol. The van der Waals surface area contributed by atoms with Crippen LogP contribution in [0.25, 0.3) is 0 Å². The van der Waals surface area contributed by atoms with Crippen molar-refractivity contribution in [3.8, 4) is 6.07 Å². The van der Waals surface area contributed by atoms with Crippen LogP contribution in [-0.4, -0.2) is 22.2 Å². The van der Waals surface area contributed by atoms with Gasteiger partial charge in [0.05, 0.1) is 11.5 Å². The quantitative estimate of drug-likeness (QED) is 0.585. The minimum absolute atomic E-state index is 0.0840. The number of unbranched alkanes of at least 4 members (excludes halogenated alkanes) is 2. The second-order valence-corrected chi connectivity index (χ2v) is 4.64. The lowest BCUT2D eigenvalue weighted by molar-refractivity contribution is -0.137. The molecule has 2 N–H and O–H groups in total. The van der Waals surface area contributed by atoms with Gasteiger partial charge >= 0.3 is 11.9 Å². The van der Waals surface area contributed by atoms with Crippen LogP contribution in [0.5, 0.6) is 0 Å². The molecule has 0 saturated heterocycles. The van der Waals surface area contributed by atoms with Crippen LogP contribution in [0.15, 0.2) is 0 Å². The Labute approximate surface area is 107 Å². The van der Waals surface area contributed by atoms with E-state index in [-0.39, 0.29) is 25.7 Å². The number of carboxylic acids is 2. The SMILES string of the molecule is CCCCCC(C#N)(CCC(=O)O)CCC(=O)O. The fraction of sp³-hybridized carbons (Fsp3) is 0.769. The molecule has 0 atom stereocenters. The van der Waals surface area contributed by atoms with E-state index in [0.29, 0.717) is 6.42 Å². The Morgan fingerprint density at radius 3 is 1.89 bits per heavy atom. The van der Waals surface area contributed by atoms with Crippen LogP contribution in [0.4, 0.5) is 0 Å². The van der Waals surface area contributed by atoms with Gasteiger partial charge in [0.1, 0.15) is 0 Å². The standard InChI is InChI=1S/C13H21NO4/c1-2-3-4-7-13(10-14,8-5-11(15)16)9-6-12(17)18/h2-9H2,1H3,(H,15,16)(H,17,18). The summed E-state index contributed by atoms with van der Waals surface area (Å²) in [4.78, 5) is 21.2. The first kappa shape index (κ1) is 16.4. The van der Waals surface area contributed by atoms with Gasteiger partial charge in [-0.25, -0.2) is 0 Å². The lowest BCUT2D eigenvalue weighted by Gasteiger charge is -2.25. The smallest absolute Gasteiger partial charge is 0.303 e. The Bertz CT molecular complexity index is 301. The molecule has 0 aliphatic carbocycles. The molecule has 0 aromatic carbocycles. The zero-order chi connectivity index (χ0) is 14.0. The Hall–Kier alpha value is -1.57. The van der Waals surface area contributed by atoms with Crippen molar-refractivity contribution in [1.82, 2.24) is 0 Å². The average molecular weight is 255 g/mol. The van der Waals surface area contributed by atoms with Crippen LogP contribution in [0.3, 0.4) is 0 Å². The van der Waals surface area contributed by atoms with Gasteiger partial charge in [0.2, 0.25) is 0 Å². The van der Waals surface area contributed by atoms with Crippen molar-refractivity contribution in [1.29, 1.82) is 5.26 Å². The molecule has 0 aromatic heterocycles. The summed E-state index contributed by atoms with van der Waals surface area (Å²) in [5, 5.41) is 26.7. The molecule has 102 valence electrons. The maximum absolute atomic E-state index is 10.6. The van der Waals surface area contributed by atoms with Crippen LogP contribution < -0.4 is 0 Å². The highest BCUT2D eigenvalue weighted by Crippen LogP contribution is 2.35. The second-order valence-electron chi connectivity index (χ2n) is 4.64. The summed E-state index contributed by atoms with van der Waals surface area (Å²) in [7, 11) is 0. The van der Waals surface area contributed by atoms with Gasteiger partial charge in [-0.15, -0.1) is 0 Å². The van der Waals surface area contributed by atoms with E-state index in [0.717, 1.165) is 19.3 Å². The van der Waals surface area contributed by atoms with Crippen LogP contribution in [0.2, 0.25) is 0 Å². The van der Waals surface area contributed by atoms with Crippen molar-refractivity contribution >= 4 is 11.9 Å². The van der Waals surface area contributed by atoms with Crippen LogP contribution in [0, 0.1) is 16.7 Å². The normalized spacial score (nSPS) is 10.9. The molecule has 0 aromatic rings. The van der Waals surface area contributed by atoms with Crippen molar-refractivity contribution in [2.75, 3.05) is 0 Å². The van der Waals surface area contributed by atoms with Crippen molar-refractivity contribution in [2.45, 2.75) is 58.3 Å². The van der Waals surface area contributed by atoms with Gasteiger partial charge in [0, 0.05) is 12.8 Å². The number of aliphatic carboxylic acids is 2. The summed E-state index contributed by atoms with van der Waals surface area (Å²) >= 11 is 0. The summed E-state index contributed by atoms with van der Waals surface area (Å²) in [6.45, 7) is 2.04. The highest BCUT2D eigenvalue weighted by molar-refractivity contribution is 5.67. The lowest BCUT2D eigenvalue weighted by atomic mass is 9.76. The summed E-state index contributed by atoms with van der Waals surface area (Å²) in [6, 6.07) is 2.16. The van der Waals surface area contributed by atoms with Crippen LogP contribution >= 0.6 is 0 Å². The third kappa shape index (κ3) is 6.89. The van der Waals surface area contributed by atoms with Gasteiger partial charge in [-0.1, -0.05) is 26.2 Å². The summed E-state index contributed by atoms with van der Waals surface area (Å²) in [5.41, 5.74) is -0.800. The summed E-state index contributed by atoms with van der Waals surface area (Å²) < 4.78 is 0. The van der Waals surface area contributed by atoms with Crippen LogP contribution in [0.1, 0.15) is 58.3 Å². The molecule has 18 heavy (non-hydrogen) atoms. The van der Waals surface area contributed by atoms with E-state index in [1.165, 1.54) is 0 Å². The van der Waals surface area contributed by atoms with Gasteiger partial charge in [-0.3, -0.25) is 9.59 Å². The molecular weight excluding hydrogens is 234 g/mol. The van der Waals surface area contributed by atoms with Gasteiger partial charge in [0.25, 0.3) is 0 Å². The molecule has 0 aliphatic heterocycles. The number of nitrogens with zero attached hydrogens (tertiary/aromatic N) is 1. The molecule has 0 spiro atoms. The van der Waals surface area contributed by atoms with E-state index >= 15 is 0 Å². The number of hydrogen-bond donors (Lipinski definition) is 2. The molecule has 0 fully saturated rings. The maximum Gasteiger partial charge on any atom is 0.303 e. The molecule has 0 amide bonds. The zero-order valence-corrected chi connectivity index (χ0v) is 10.8. The van der Waals surface area contributed by atoms with E-state index in [4.69, 9.17) is 10.2 Å². The van der Waals surface area contributed by atoms with E-state index in [2.05, 4.69) is 6.07 Å². The topological polar surface area (TPSA) is 98.4 Å². The van der Waals surface area contributed by atoms with Crippen molar-refractivity contribution in [2.24, 2.45) is 5.41 Å². The molecular formula is C13H21NO4. The second kappa shape index (κ2) is 8.51. The first-order chi connectivity index (χ1) is 8.45. The number of rotatable bonds is 10. The molecule has 0 radical (unpaired) electrons. The van der Waals surface area contributed by atoms with Gasteiger partial charge < -0.3 is 10.2 Å². The molecule has 0 saturated carbocycles. The van der Waals surface area contributed by atoms with E-state index in [9.17, 15) is 14.9 Å². The Morgan fingerprint density at radius 2 is 1.56 bits per heavy atom. The monoisotopic (exact) mass is 255 g/mol. The molecule has 0 aliphatic rings. The van der Waals surface area contributed by atoms with Gasteiger partial charge in [-0.05, 0) is 19.3 Å². The molecule has 0 unspecified atom stereocenters. The Balaban J connectivity index is 4.55. The zero-order valence-electron chi connectivity index (χ0n) is 10.8. The van der Waals surface area contributed by atoms with Crippen molar-refractivity contribution in [3.63, 3.8) is 0 Å². The number of carboxylic acid groups (broad SMARTS) is 2. The van der Waals surface area contributed by atoms with Gasteiger partial charge in [0.15, 0.2) is 0 Å². The fourth-order valence-corrected chi connectivity index (χ4v) is 1.95. The average Bonchev–Trinajstić information content (AvgIpc) is 2.32. The molecule has 0 rings (SSSR count). The minimum atomic E-state index is -0.944. The van der Waals surface area contributed by atoms with E-state index in [1.54, 1.807) is 0 Å². The third-order valence-electron chi connectivity index (χ3n) is 3.13. The first-order valence-corrected chi connectivity index (χ1v) is 6.30. The lowest BCUT2D eigenvalue weighted by Crippen LogP contribution is -2.21. The minimum Gasteiger partial charge on any atom is -0.481 e. The highest BCUT2D eigenvalue weighted by Gasteiger charge is 2.30. The fourth-order valence-electron chi connectivity index (χ4n) is 1.95. The molecule has 5 nitrogen and oxygen atoms in total. The van der Waals surface area contributed by atoms with Gasteiger partial charge in [-0.2, -0.15) is 5.26 Å². The van der Waals surface area contributed by atoms with E-state index < -0.39 is 17.4 Å². The van der Waals surface area contributed by atoms with Crippen molar-refractivity contribution in [3.05, 3.63) is 0 Å². The highest BCUT2D eigenvalue weighted by atomic mass is 16.4.